The first-order chi connectivity index (χ1) is 10.5. The molecule has 9 nitrogen and oxygen atoms in total. The molecule has 1 N–H and O–H groups in total. The maximum absolute atomic E-state index is 11.9. The molecule has 2 aromatic heterocycles. The zero-order valence-electron chi connectivity index (χ0n) is 12.4. The standard InChI is InChI=1S/C12H16N6O3S/c1-7(2)4-8-10(11(20)21-3)15-12(22-8)14-9(19)5-18-6-13-16-17-18/h6-7H,4-5H2,1-3H3,(H,14,15,19). The molecule has 0 fully saturated rings. The van der Waals surface area contributed by atoms with Gasteiger partial charge in [0, 0.05) is 4.88 Å². The summed E-state index contributed by atoms with van der Waals surface area (Å²) in [6, 6.07) is 0. The quantitative estimate of drug-likeness (QED) is 0.780. The van der Waals surface area contributed by atoms with Gasteiger partial charge in [-0.05, 0) is 22.8 Å². The number of esters is 1. The number of ether oxygens (including phenoxy) is 1. The van der Waals surface area contributed by atoms with E-state index in [1.165, 1.54) is 29.5 Å². The van der Waals surface area contributed by atoms with Crippen LogP contribution in [0.25, 0.3) is 0 Å². The fourth-order valence-corrected chi connectivity index (χ4v) is 2.91. The maximum Gasteiger partial charge on any atom is 0.357 e. The first-order valence-electron chi connectivity index (χ1n) is 6.58. The van der Waals surface area contributed by atoms with E-state index in [1.807, 2.05) is 13.8 Å². The van der Waals surface area contributed by atoms with Crippen molar-refractivity contribution in [2.45, 2.75) is 26.8 Å². The van der Waals surface area contributed by atoms with E-state index in [9.17, 15) is 9.59 Å². The topological polar surface area (TPSA) is 112 Å². The SMILES string of the molecule is COC(=O)c1nc(NC(=O)Cn2cnnn2)sc1CC(C)C. The fourth-order valence-electron chi connectivity index (χ4n) is 1.73. The number of nitrogens with zero attached hydrogens (tertiary/aromatic N) is 5. The maximum atomic E-state index is 11.9. The molecule has 2 aromatic rings. The molecule has 0 aliphatic heterocycles. The molecule has 0 bridgehead atoms. The van der Waals surface area contributed by atoms with Gasteiger partial charge in [0.05, 0.1) is 7.11 Å². The lowest BCUT2D eigenvalue weighted by molar-refractivity contribution is -0.116. The molecule has 0 saturated carbocycles. The second kappa shape index (κ2) is 7.07. The molecule has 22 heavy (non-hydrogen) atoms. The molecule has 0 unspecified atom stereocenters. The highest BCUT2D eigenvalue weighted by Gasteiger charge is 2.20. The summed E-state index contributed by atoms with van der Waals surface area (Å²) < 4.78 is 6.01. The number of nitrogens with one attached hydrogen (secondary N) is 1. The van der Waals surface area contributed by atoms with Gasteiger partial charge in [-0.1, -0.05) is 13.8 Å². The average molecular weight is 324 g/mol. The van der Waals surface area contributed by atoms with Crippen molar-refractivity contribution in [2.75, 3.05) is 12.4 Å². The van der Waals surface area contributed by atoms with Crippen molar-refractivity contribution in [3.05, 3.63) is 16.9 Å². The third kappa shape index (κ3) is 4.07. The second-order valence-corrected chi connectivity index (χ2v) is 6.02. The minimum Gasteiger partial charge on any atom is -0.464 e. The highest BCUT2D eigenvalue weighted by molar-refractivity contribution is 7.16. The molecule has 2 rings (SSSR count). The molecular formula is C12H16N6O3S. The Bertz CT molecular complexity index is 652. The van der Waals surface area contributed by atoms with Gasteiger partial charge in [-0.3, -0.25) is 4.79 Å². The van der Waals surface area contributed by atoms with Crippen LogP contribution in [0.15, 0.2) is 6.33 Å². The van der Waals surface area contributed by atoms with Crippen molar-refractivity contribution < 1.29 is 14.3 Å². The third-order valence-corrected chi connectivity index (χ3v) is 3.61. The van der Waals surface area contributed by atoms with Crippen LogP contribution in [0, 0.1) is 5.92 Å². The molecule has 0 aromatic carbocycles. The van der Waals surface area contributed by atoms with Crippen LogP contribution in [0.2, 0.25) is 0 Å². The highest BCUT2D eigenvalue weighted by Crippen LogP contribution is 2.26. The largest absolute Gasteiger partial charge is 0.464 e. The number of rotatable bonds is 6. The first kappa shape index (κ1) is 16.0. The fraction of sp³-hybridized carbons (Fsp3) is 0.500. The summed E-state index contributed by atoms with van der Waals surface area (Å²) in [6.07, 6.45) is 2.02. The lowest BCUT2D eigenvalue weighted by atomic mass is 10.1. The zero-order valence-corrected chi connectivity index (χ0v) is 13.3. The van der Waals surface area contributed by atoms with E-state index in [2.05, 4.69) is 25.8 Å². The van der Waals surface area contributed by atoms with Gasteiger partial charge in [-0.25, -0.2) is 14.5 Å². The molecule has 0 atom stereocenters. The predicted molar refractivity (Wildman–Crippen MR) is 78.4 cm³/mol. The third-order valence-electron chi connectivity index (χ3n) is 2.61. The lowest BCUT2D eigenvalue weighted by Gasteiger charge is -2.02. The van der Waals surface area contributed by atoms with Crippen LogP contribution in [0.4, 0.5) is 5.13 Å². The second-order valence-electron chi connectivity index (χ2n) is 4.94. The van der Waals surface area contributed by atoms with Crippen LogP contribution in [0.1, 0.15) is 29.2 Å². The number of hydrogen-bond donors (Lipinski definition) is 1. The summed E-state index contributed by atoms with van der Waals surface area (Å²) in [7, 11) is 1.30. The average Bonchev–Trinajstić information content (AvgIpc) is 3.07. The highest BCUT2D eigenvalue weighted by atomic mass is 32.1. The van der Waals surface area contributed by atoms with Crippen LogP contribution >= 0.6 is 11.3 Å². The van der Waals surface area contributed by atoms with Gasteiger partial charge in [0.2, 0.25) is 5.91 Å². The minimum absolute atomic E-state index is 0.0281. The number of carbonyl (C=O) groups excluding carboxylic acids is 2. The van der Waals surface area contributed by atoms with Gasteiger partial charge in [0.15, 0.2) is 10.8 Å². The Labute approximate surface area is 130 Å². The Balaban J connectivity index is 2.11. The molecule has 0 spiro atoms. The molecule has 0 radical (unpaired) electrons. The Kier molecular flexibility index (Phi) is 5.15. The van der Waals surface area contributed by atoms with Crippen molar-refractivity contribution in [3.8, 4) is 0 Å². The Morgan fingerprint density at radius 3 is 2.82 bits per heavy atom. The van der Waals surface area contributed by atoms with Gasteiger partial charge in [-0.2, -0.15) is 0 Å². The molecule has 0 saturated heterocycles. The molecule has 0 aliphatic carbocycles. The van der Waals surface area contributed by atoms with Crippen molar-refractivity contribution in [1.29, 1.82) is 0 Å². The van der Waals surface area contributed by atoms with Crippen LogP contribution in [0.3, 0.4) is 0 Å². The number of amides is 1. The number of thiazole rings is 1. The summed E-state index contributed by atoms with van der Waals surface area (Å²) in [5.74, 6) is -0.477. The van der Waals surface area contributed by atoms with Gasteiger partial charge in [-0.15, -0.1) is 16.4 Å². The summed E-state index contributed by atoms with van der Waals surface area (Å²) >= 11 is 1.27. The molecule has 2 heterocycles. The molecular weight excluding hydrogens is 308 g/mol. The van der Waals surface area contributed by atoms with E-state index in [-0.39, 0.29) is 18.1 Å². The first-order valence-corrected chi connectivity index (χ1v) is 7.40. The normalized spacial score (nSPS) is 10.7. The van der Waals surface area contributed by atoms with Crippen LogP contribution < -0.4 is 5.32 Å². The summed E-state index contributed by atoms with van der Waals surface area (Å²) in [5.41, 5.74) is 0.249. The number of anilines is 1. The molecule has 1 amide bonds. The van der Waals surface area contributed by atoms with Gasteiger partial charge >= 0.3 is 5.97 Å². The van der Waals surface area contributed by atoms with Gasteiger partial charge in [0.25, 0.3) is 0 Å². The van der Waals surface area contributed by atoms with Crippen molar-refractivity contribution >= 4 is 28.3 Å². The van der Waals surface area contributed by atoms with E-state index in [1.54, 1.807) is 0 Å². The van der Waals surface area contributed by atoms with Crippen LogP contribution in [-0.4, -0.2) is 44.2 Å². The van der Waals surface area contributed by atoms with Gasteiger partial charge < -0.3 is 10.1 Å². The Morgan fingerprint density at radius 2 is 2.23 bits per heavy atom. The van der Waals surface area contributed by atoms with Crippen molar-refractivity contribution in [2.24, 2.45) is 5.92 Å². The minimum atomic E-state index is -0.507. The Morgan fingerprint density at radius 1 is 1.45 bits per heavy atom. The van der Waals surface area contributed by atoms with Crippen LogP contribution in [-0.2, 0) is 22.5 Å². The summed E-state index contributed by atoms with van der Waals surface area (Å²) in [5, 5.41) is 13.5. The van der Waals surface area contributed by atoms with E-state index < -0.39 is 5.97 Å². The van der Waals surface area contributed by atoms with Gasteiger partial charge in [0.1, 0.15) is 12.9 Å². The molecule has 118 valence electrons. The Hall–Kier alpha value is -2.36. The smallest absolute Gasteiger partial charge is 0.357 e. The van der Waals surface area contributed by atoms with Crippen molar-refractivity contribution in [3.63, 3.8) is 0 Å². The van der Waals surface area contributed by atoms with E-state index in [4.69, 9.17) is 4.74 Å². The number of hydrogen-bond acceptors (Lipinski definition) is 8. The number of tetrazole rings is 1. The molecule has 0 aliphatic rings. The lowest BCUT2D eigenvalue weighted by Crippen LogP contribution is -2.19. The monoisotopic (exact) mass is 324 g/mol. The zero-order chi connectivity index (χ0) is 16.1. The molecule has 10 heteroatoms. The summed E-state index contributed by atoms with van der Waals surface area (Å²) in [4.78, 5) is 28.6. The number of aromatic nitrogens is 5. The van der Waals surface area contributed by atoms with Crippen molar-refractivity contribution in [1.82, 2.24) is 25.2 Å². The van der Waals surface area contributed by atoms with E-state index >= 15 is 0 Å². The summed E-state index contributed by atoms with van der Waals surface area (Å²) in [6.45, 7) is 4.05. The van der Waals surface area contributed by atoms with E-state index in [0.717, 1.165) is 4.88 Å². The van der Waals surface area contributed by atoms with Crippen LogP contribution in [0.5, 0.6) is 0 Å². The van der Waals surface area contributed by atoms with E-state index in [0.29, 0.717) is 17.5 Å². The predicted octanol–water partition coefficient (Wildman–Crippen LogP) is 0.753. The number of carbonyl (C=O) groups is 2. The number of methoxy groups -OCH3 is 1.